The summed E-state index contributed by atoms with van der Waals surface area (Å²) in [5.74, 6) is 0.566. The van der Waals surface area contributed by atoms with Crippen LogP contribution >= 0.6 is 11.8 Å². The molecule has 6 nitrogen and oxygen atoms in total. The molecule has 3 atom stereocenters. The summed E-state index contributed by atoms with van der Waals surface area (Å²) in [6.07, 6.45) is 7.06. The second kappa shape index (κ2) is 12.3. The van der Waals surface area contributed by atoms with Crippen molar-refractivity contribution in [3.05, 3.63) is 0 Å². The van der Waals surface area contributed by atoms with Gasteiger partial charge in [0, 0.05) is 5.92 Å². The van der Waals surface area contributed by atoms with Crippen molar-refractivity contribution in [3.8, 4) is 0 Å². The maximum absolute atomic E-state index is 12.9. The second-order valence-corrected chi connectivity index (χ2v) is 8.68. The van der Waals surface area contributed by atoms with Crippen LogP contribution in [0, 0.1) is 17.8 Å². The van der Waals surface area contributed by atoms with Crippen LogP contribution < -0.4 is 10.6 Å². The molecule has 2 amide bonds. The maximum atomic E-state index is 12.9. The lowest BCUT2D eigenvalue weighted by Gasteiger charge is -2.30. The van der Waals surface area contributed by atoms with Crippen molar-refractivity contribution in [1.29, 1.82) is 0 Å². The Labute approximate surface area is 167 Å². The molecule has 1 aliphatic carbocycles. The topological polar surface area (TPSA) is 84.5 Å². The largest absolute Gasteiger partial charge is 0.467 e. The lowest BCUT2D eigenvalue weighted by atomic mass is 9.82. The fraction of sp³-hybridized carbons (Fsp3) is 0.850. The van der Waals surface area contributed by atoms with E-state index in [0.29, 0.717) is 12.3 Å². The average molecular weight is 401 g/mol. The summed E-state index contributed by atoms with van der Waals surface area (Å²) in [4.78, 5) is 37.6. The van der Waals surface area contributed by atoms with Gasteiger partial charge < -0.3 is 15.4 Å². The molecule has 0 aliphatic heterocycles. The highest BCUT2D eigenvalue weighted by Gasteiger charge is 2.32. The van der Waals surface area contributed by atoms with Gasteiger partial charge in [0.15, 0.2) is 0 Å². The number of ether oxygens (including phenoxy) is 1. The summed E-state index contributed by atoms with van der Waals surface area (Å²) in [5, 5.41) is 5.75. The molecule has 1 saturated carbocycles. The zero-order chi connectivity index (χ0) is 20.4. The van der Waals surface area contributed by atoms with E-state index in [-0.39, 0.29) is 23.7 Å². The zero-order valence-corrected chi connectivity index (χ0v) is 18.2. The first kappa shape index (κ1) is 23.8. The van der Waals surface area contributed by atoms with E-state index in [1.165, 1.54) is 7.11 Å². The molecule has 7 heteroatoms. The number of carbonyl (C=O) groups excluding carboxylic acids is 3. The third kappa shape index (κ3) is 7.72. The van der Waals surface area contributed by atoms with Crippen LogP contribution in [0.1, 0.15) is 59.3 Å². The second-order valence-electron chi connectivity index (χ2n) is 7.69. The highest BCUT2D eigenvalue weighted by atomic mass is 32.2. The van der Waals surface area contributed by atoms with Gasteiger partial charge in [-0.15, -0.1) is 0 Å². The number of thioether (sulfide) groups is 1. The number of hydrogen-bond acceptors (Lipinski definition) is 5. The van der Waals surface area contributed by atoms with Crippen LogP contribution in [0.4, 0.5) is 0 Å². The number of methoxy groups -OCH3 is 1. The number of carbonyl (C=O) groups is 3. The van der Waals surface area contributed by atoms with E-state index in [1.807, 2.05) is 20.1 Å². The molecule has 0 aromatic carbocycles. The van der Waals surface area contributed by atoms with Crippen LogP contribution in [0.3, 0.4) is 0 Å². The molecular weight excluding hydrogens is 364 g/mol. The maximum Gasteiger partial charge on any atom is 0.328 e. The first-order valence-corrected chi connectivity index (χ1v) is 11.4. The Morgan fingerprint density at radius 3 is 2.30 bits per heavy atom. The van der Waals surface area contributed by atoms with E-state index in [9.17, 15) is 14.4 Å². The molecule has 0 heterocycles. The van der Waals surface area contributed by atoms with Crippen molar-refractivity contribution < 1.29 is 19.1 Å². The quantitative estimate of drug-likeness (QED) is 0.551. The van der Waals surface area contributed by atoms with Gasteiger partial charge in [-0.25, -0.2) is 4.79 Å². The van der Waals surface area contributed by atoms with Gasteiger partial charge in [-0.3, -0.25) is 9.59 Å². The molecule has 0 bridgehead atoms. The van der Waals surface area contributed by atoms with Crippen LogP contribution in [0.5, 0.6) is 0 Å². The number of hydrogen-bond donors (Lipinski definition) is 2. The van der Waals surface area contributed by atoms with Gasteiger partial charge in [0.05, 0.1) is 7.11 Å². The monoisotopic (exact) mass is 400 g/mol. The minimum absolute atomic E-state index is 0.0182. The molecule has 156 valence electrons. The summed E-state index contributed by atoms with van der Waals surface area (Å²) in [6.45, 7) is 6.15. The van der Waals surface area contributed by atoms with Crippen molar-refractivity contribution in [1.82, 2.24) is 10.6 Å². The Morgan fingerprint density at radius 1 is 1.15 bits per heavy atom. The van der Waals surface area contributed by atoms with Crippen molar-refractivity contribution in [3.63, 3.8) is 0 Å². The Morgan fingerprint density at radius 2 is 1.78 bits per heavy atom. The molecule has 0 saturated heterocycles. The number of esters is 1. The molecule has 0 aromatic rings. The van der Waals surface area contributed by atoms with E-state index in [2.05, 4.69) is 17.6 Å². The van der Waals surface area contributed by atoms with Gasteiger partial charge >= 0.3 is 5.97 Å². The van der Waals surface area contributed by atoms with Gasteiger partial charge in [-0.1, -0.05) is 27.2 Å². The minimum Gasteiger partial charge on any atom is -0.467 e. The summed E-state index contributed by atoms with van der Waals surface area (Å²) >= 11 is 1.60. The Kier molecular flexibility index (Phi) is 10.8. The third-order valence-electron chi connectivity index (χ3n) is 5.59. The Balaban J connectivity index is 2.77. The molecule has 1 aliphatic rings. The molecule has 0 aromatic heterocycles. The molecule has 2 N–H and O–H groups in total. The highest BCUT2D eigenvalue weighted by molar-refractivity contribution is 7.98. The third-order valence-corrected chi connectivity index (χ3v) is 6.24. The molecule has 27 heavy (non-hydrogen) atoms. The summed E-state index contributed by atoms with van der Waals surface area (Å²) in [7, 11) is 1.32. The van der Waals surface area contributed by atoms with E-state index >= 15 is 0 Å². The number of amides is 2. The van der Waals surface area contributed by atoms with Gasteiger partial charge in [-0.05, 0) is 55.9 Å². The van der Waals surface area contributed by atoms with Crippen LogP contribution in [-0.2, 0) is 19.1 Å². The number of nitrogens with one attached hydrogen (secondary N) is 2. The summed E-state index contributed by atoms with van der Waals surface area (Å²) in [6, 6.07) is -1.32. The van der Waals surface area contributed by atoms with Crippen LogP contribution in [0.2, 0.25) is 0 Å². The molecule has 0 radical (unpaired) electrons. The SMILES string of the molecule is CC[C@H](C)[C@@H](NC(=O)C1CCC(C)CC1)C(=O)N[C@@H](CCSC)C(=O)OC. The lowest BCUT2D eigenvalue weighted by molar-refractivity contribution is -0.145. The van der Waals surface area contributed by atoms with E-state index in [0.717, 1.165) is 37.9 Å². The molecular formula is C20H36N2O4S. The molecule has 1 fully saturated rings. The van der Waals surface area contributed by atoms with Gasteiger partial charge in [-0.2, -0.15) is 11.8 Å². The van der Waals surface area contributed by atoms with Crippen molar-refractivity contribution in [2.45, 2.75) is 71.4 Å². The molecule has 1 rings (SSSR count). The zero-order valence-electron chi connectivity index (χ0n) is 17.4. The van der Waals surface area contributed by atoms with Gasteiger partial charge in [0.1, 0.15) is 12.1 Å². The normalized spacial score (nSPS) is 23.0. The fourth-order valence-electron chi connectivity index (χ4n) is 3.38. The standard InChI is InChI=1S/C20H36N2O4S/c1-6-14(3)17(22-18(23)15-9-7-13(2)8-10-15)19(24)21-16(11-12-27-5)20(25)26-4/h13-17H,6-12H2,1-5H3,(H,21,24)(H,22,23)/t13?,14-,15?,16-,17+/m0/s1. The predicted octanol–water partition coefficient (Wildman–Crippen LogP) is 2.75. The minimum atomic E-state index is -0.686. The van der Waals surface area contributed by atoms with Gasteiger partial charge in [0.25, 0.3) is 0 Å². The van der Waals surface area contributed by atoms with E-state index in [1.54, 1.807) is 11.8 Å². The fourth-order valence-corrected chi connectivity index (χ4v) is 3.86. The van der Waals surface area contributed by atoms with Gasteiger partial charge in [0.2, 0.25) is 11.8 Å². The number of rotatable bonds is 10. The first-order chi connectivity index (χ1) is 12.8. The van der Waals surface area contributed by atoms with E-state index in [4.69, 9.17) is 4.74 Å². The first-order valence-electron chi connectivity index (χ1n) is 10.0. The van der Waals surface area contributed by atoms with E-state index < -0.39 is 18.1 Å². The summed E-state index contributed by atoms with van der Waals surface area (Å²) < 4.78 is 4.81. The predicted molar refractivity (Wildman–Crippen MR) is 109 cm³/mol. The average Bonchev–Trinajstić information content (AvgIpc) is 2.68. The Hall–Kier alpha value is -1.24. The van der Waals surface area contributed by atoms with Crippen LogP contribution in [0.25, 0.3) is 0 Å². The van der Waals surface area contributed by atoms with Crippen LogP contribution in [0.15, 0.2) is 0 Å². The van der Waals surface area contributed by atoms with Crippen molar-refractivity contribution in [2.75, 3.05) is 19.1 Å². The van der Waals surface area contributed by atoms with Crippen molar-refractivity contribution in [2.24, 2.45) is 17.8 Å². The van der Waals surface area contributed by atoms with Crippen molar-refractivity contribution >= 4 is 29.5 Å². The molecule has 0 spiro atoms. The lowest BCUT2D eigenvalue weighted by Crippen LogP contribution is -2.55. The highest BCUT2D eigenvalue weighted by Crippen LogP contribution is 2.28. The molecule has 0 unspecified atom stereocenters. The Bertz CT molecular complexity index is 492. The summed E-state index contributed by atoms with van der Waals surface area (Å²) in [5.41, 5.74) is 0. The smallest absolute Gasteiger partial charge is 0.328 e. The van der Waals surface area contributed by atoms with Crippen LogP contribution in [-0.4, -0.2) is 49.0 Å².